The highest BCUT2D eigenvalue weighted by atomic mass is 32.2. The monoisotopic (exact) mass is 377 g/mol. The summed E-state index contributed by atoms with van der Waals surface area (Å²) < 4.78 is 5.20. The van der Waals surface area contributed by atoms with Gasteiger partial charge in [0.25, 0.3) is 0 Å². The Morgan fingerprint density at radius 1 is 1.41 bits per heavy atom. The van der Waals surface area contributed by atoms with Gasteiger partial charge in [0.2, 0.25) is 5.91 Å². The van der Waals surface area contributed by atoms with Crippen molar-refractivity contribution in [3.8, 4) is 0 Å². The second-order valence-corrected chi connectivity index (χ2v) is 10.2. The molecule has 0 radical (unpaired) electrons. The van der Waals surface area contributed by atoms with Gasteiger partial charge in [-0.05, 0) is 18.9 Å². The first-order chi connectivity index (χ1) is 10.3. The van der Waals surface area contributed by atoms with Crippen LogP contribution in [-0.4, -0.2) is 23.5 Å². The summed E-state index contributed by atoms with van der Waals surface area (Å²) >= 11 is 3.32. The maximum atomic E-state index is 12.4. The second kappa shape index (κ2) is 7.61. The van der Waals surface area contributed by atoms with E-state index in [1.165, 1.54) is 11.3 Å². The molecule has 0 aromatic carbocycles. The number of rotatable bonds is 4. The number of thiophene rings is 1. The van der Waals surface area contributed by atoms with Gasteiger partial charge in [0.05, 0.1) is 17.2 Å². The van der Waals surface area contributed by atoms with E-state index < -0.39 is 0 Å². The number of thioether (sulfide) groups is 1. The number of anilines is 1. The molecule has 0 fully saturated rings. The second-order valence-electron chi connectivity index (χ2n) is 5.31. The van der Waals surface area contributed by atoms with Crippen molar-refractivity contribution in [1.82, 2.24) is 0 Å². The van der Waals surface area contributed by atoms with Crippen LogP contribution in [0.15, 0.2) is 0 Å². The van der Waals surface area contributed by atoms with Crippen LogP contribution < -0.4 is 5.32 Å². The predicted molar refractivity (Wildman–Crippen MR) is 101 cm³/mol. The Bertz CT molecular complexity index is 589. The van der Waals surface area contributed by atoms with Gasteiger partial charge in [0, 0.05) is 15.8 Å². The molecule has 0 bridgehead atoms. The number of esters is 1. The molecule has 1 N–H and O–H groups in total. The summed E-state index contributed by atoms with van der Waals surface area (Å²) in [5.74, 6) is -0.565. The largest absolute Gasteiger partial charge is 0.462 e. The van der Waals surface area contributed by atoms with Crippen molar-refractivity contribution in [3.05, 3.63) is 16.0 Å². The SMILES string of the molecule is CCOC(=O)c1c(NC(=O)C(C)C)sc2c1CC(P)SC2P. The lowest BCUT2D eigenvalue weighted by Gasteiger charge is -2.24. The summed E-state index contributed by atoms with van der Waals surface area (Å²) in [5, 5.41) is 3.52. The molecule has 1 aliphatic heterocycles. The van der Waals surface area contributed by atoms with Crippen molar-refractivity contribution in [2.45, 2.75) is 37.2 Å². The van der Waals surface area contributed by atoms with Crippen molar-refractivity contribution in [1.29, 1.82) is 0 Å². The average molecular weight is 377 g/mol. The summed E-state index contributed by atoms with van der Waals surface area (Å²) in [7, 11) is 5.62. The van der Waals surface area contributed by atoms with Gasteiger partial charge in [-0.3, -0.25) is 4.79 Å². The number of hydrogen-bond acceptors (Lipinski definition) is 5. The van der Waals surface area contributed by atoms with E-state index in [2.05, 4.69) is 23.8 Å². The molecule has 4 unspecified atom stereocenters. The van der Waals surface area contributed by atoms with E-state index in [9.17, 15) is 9.59 Å². The summed E-state index contributed by atoms with van der Waals surface area (Å²) in [5.41, 5.74) is 1.55. The molecule has 1 amide bonds. The topological polar surface area (TPSA) is 55.4 Å². The number of fused-ring (bicyclic) bond motifs is 1. The third-order valence-electron chi connectivity index (χ3n) is 3.26. The highest BCUT2D eigenvalue weighted by Gasteiger charge is 2.33. The van der Waals surface area contributed by atoms with Crippen LogP contribution >= 0.6 is 41.6 Å². The van der Waals surface area contributed by atoms with E-state index in [1.807, 2.05) is 25.6 Å². The third-order valence-corrected chi connectivity index (χ3v) is 7.44. The van der Waals surface area contributed by atoms with Gasteiger partial charge in [-0.25, -0.2) is 4.79 Å². The first-order valence-corrected chi connectivity index (χ1v) is 10.2. The molecule has 1 aliphatic rings. The van der Waals surface area contributed by atoms with Crippen molar-refractivity contribution in [2.24, 2.45) is 5.92 Å². The van der Waals surface area contributed by atoms with Gasteiger partial charge in [-0.15, -0.1) is 41.6 Å². The van der Waals surface area contributed by atoms with Gasteiger partial charge >= 0.3 is 5.97 Å². The summed E-state index contributed by atoms with van der Waals surface area (Å²) in [6.07, 6.45) is 0.789. The van der Waals surface area contributed by atoms with E-state index in [0.29, 0.717) is 22.2 Å². The first kappa shape index (κ1) is 18.2. The highest BCUT2D eigenvalue weighted by Crippen LogP contribution is 2.53. The van der Waals surface area contributed by atoms with E-state index >= 15 is 0 Å². The maximum Gasteiger partial charge on any atom is 0.341 e. The molecule has 22 heavy (non-hydrogen) atoms. The van der Waals surface area contributed by atoms with E-state index in [0.717, 1.165) is 16.9 Å². The lowest BCUT2D eigenvalue weighted by molar-refractivity contribution is -0.118. The van der Waals surface area contributed by atoms with Gasteiger partial charge < -0.3 is 10.1 Å². The molecule has 4 atom stereocenters. The molecule has 1 aromatic rings. The van der Waals surface area contributed by atoms with Crippen LogP contribution in [0, 0.1) is 5.92 Å². The minimum atomic E-state index is -0.347. The average Bonchev–Trinajstić information content (AvgIpc) is 2.77. The molecule has 122 valence electrons. The van der Waals surface area contributed by atoms with Crippen LogP contribution in [-0.2, 0) is 16.0 Å². The van der Waals surface area contributed by atoms with E-state index in [4.69, 9.17) is 4.74 Å². The molecule has 4 nitrogen and oxygen atoms in total. The van der Waals surface area contributed by atoms with Crippen molar-refractivity contribution in [2.75, 3.05) is 11.9 Å². The molecule has 0 aliphatic carbocycles. The number of nitrogens with one attached hydrogen (secondary N) is 1. The summed E-state index contributed by atoms with van der Waals surface area (Å²) in [4.78, 5) is 26.1. The number of carbonyl (C=O) groups excluding carboxylic acids is 2. The molecular weight excluding hydrogens is 356 g/mol. The maximum absolute atomic E-state index is 12.4. The quantitative estimate of drug-likeness (QED) is 0.639. The predicted octanol–water partition coefficient (Wildman–Crippen LogP) is 3.88. The molecule has 1 aromatic heterocycles. The molecule has 2 rings (SSSR count). The molecule has 0 saturated heterocycles. The minimum absolute atomic E-state index is 0.0838. The zero-order valence-electron chi connectivity index (χ0n) is 12.8. The lowest BCUT2D eigenvalue weighted by atomic mass is 10.1. The zero-order valence-corrected chi connectivity index (χ0v) is 16.8. The molecule has 8 heteroatoms. The number of hydrogen-bond donors (Lipinski definition) is 1. The molecular formula is C14H21NO3P2S2. The van der Waals surface area contributed by atoms with Crippen LogP contribution in [0.4, 0.5) is 5.00 Å². The Kier molecular flexibility index (Phi) is 6.30. The Labute approximate surface area is 143 Å². The van der Waals surface area contributed by atoms with E-state index in [-0.39, 0.29) is 22.8 Å². The Morgan fingerprint density at radius 3 is 2.68 bits per heavy atom. The summed E-state index contributed by atoms with van der Waals surface area (Å²) in [6, 6.07) is 0. The fourth-order valence-corrected chi connectivity index (χ4v) is 6.80. The normalized spacial score (nSPS) is 20.6. The van der Waals surface area contributed by atoms with Gasteiger partial charge in [-0.1, -0.05) is 13.8 Å². The molecule has 0 saturated carbocycles. The molecule has 2 heterocycles. The highest BCUT2D eigenvalue weighted by molar-refractivity contribution is 8.06. The van der Waals surface area contributed by atoms with Crippen LogP contribution in [0.5, 0.6) is 0 Å². The van der Waals surface area contributed by atoms with Crippen LogP contribution in [0.1, 0.15) is 46.6 Å². The zero-order chi connectivity index (χ0) is 16.4. The third kappa shape index (κ3) is 3.84. The number of ether oxygens (including phenoxy) is 1. The van der Waals surface area contributed by atoms with Gasteiger partial charge in [-0.2, -0.15) is 0 Å². The van der Waals surface area contributed by atoms with Crippen molar-refractivity contribution >= 4 is 58.5 Å². The Morgan fingerprint density at radius 2 is 2.09 bits per heavy atom. The van der Waals surface area contributed by atoms with Crippen molar-refractivity contribution < 1.29 is 14.3 Å². The van der Waals surface area contributed by atoms with E-state index in [1.54, 1.807) is 6.92 Å². The fraction of sp³-hybridized carbons (Fsp3) is 0.571. The first-order valence-electron chi connectivity index (χ1n) is 7.15. The summed E-state index contributed by atoms with van der Waals surface area (Å²) in [6.45, 7) is 5.78. The fourth-order valence-electron chi connectivity index (χ4n) is 2.18. The number of carbonyl (C=O) groups is 2. The Hall–Kier alpha value is -0.150. The van der Waals surface area contributed by atoms with Gasteiger partial charge in [0.15, 0.2) is 0 Å². The van der Waals surface area contributed by atoms with Crippen LogP contribution in [0.3, 0.4) is 0 Å². The smallest absolute Gasteiger partial charge is 0.341 e. The lowest BCUT2D eigenvalue weighted by Crippen LogP contribution is -2.20. The standard InChI is InChI=1S/C14H21NO3P2S2/c1-4-18-13(17)9-7-5-8(19)21-14(20)10(7)22-12(9)15-11(16)6(2)3/h6,8,14H,4-5,19-20H2,1-3H3,(H,15,16). The number of amides is 1. The van der Waals surface area contributed by atoms with Crippen LogP contribution in [0.2, 0.25) is 0 Å². The minimum Gasteiger partial charge on any atom is -0.462 e. The molecule has 0 spiro atoms. The van der Waals surface area contributed by atoms with Gasteiger partial charge in [0.1, 0.15) is 5.00 Å². The van der Waals surface area contributed by atoms with Crippen molar-refractivity contribution in [3.63, 3.8) is 0 Å². The van der Waals surface area contributed by atoms with Crippen LogP contribution in [0.25, 0.3) is 0 Å². The Balaban J connectivity index is 2.46.